The van der Waals surface area contributed by atoms with E-state index in [1.54, 1.807) is 13.8 Å². The Kier molecular flexibility index (Phi) is 8.48. The molecule has 1 aliphatic heterocycles. The molecule has 1 heterocycles. The van der Waals surface area contributed by atoms with Gasteiger partial charge in [-0.2, -0.15) is 0 Å². The molecule has 5 unspecified atom stereocenters. The highest BCUT2D eigenvalue weighted by atomic mass is 16.7. The van der Waals surface area contributed by atoms with Crippen LogP contribution in [0.4, 0.5) is 0 Å². The topological polar surface area (TPSA) is 115 Å². The summed E-state index contributed by atoms with van der Waals surface area (Å²) < 4.78 is 25.1. The van der Waals surface area contributed by atoms with Gasteiger partial charge in [0.25, 0.3) is 0 Å². The molecule has 0 aromatic carbocycles. The first-order valence-corrected chi connectivity index (χ1v) is 18.4. The fraction of sp³-hybridized carbons (Fsp3) is 0.974. The van der Waals surface area contributed by atoms with Crippen molar-refractivity contribution >= 4 is 5.97 Å². The highest BCUT2D eigenvalue weighted by Gasteiger charge is 2.87. The van der Waals surface area contributed by atoms with Gasteiger partial charge in [0.1, 0.15) is 5.60 Å². The molecule has 6 fully saturated rings. The third-order valence-corrected chi connectivity index (χ3v) is 15.9. The maximum atomic E-state index is 12.2. The number of carbonyl (C=O) groups is 1. The number of ether oxygens (including phenoxy) is 4. The molecule has 8 heteroatoms. The molecule has 0 aromatic heterocycles. The summed E-state index contributed by atoms with van der Waals surface area (Å²) in [6.07, 6.45) is 7.42. The number of hydrogen-bond acceptors (Lipinski definition) is 8. The van der Waals surface area contributed by atoms with Gasteiger partial charge in [-0.25, -0.2) is 0 Å². The van der Waals surface area contributed by atoms with Crippen LogP contribution in [0.3, 0.4) is 0 Å². The van der Waals surface area contributed by atoms with Gasteiger partial charge in [-0.05, 0) is 129 Å². The third kappa shape index (κ3) is 4.55. The summed E-state index contributed by atoms with van der Waals surface area (Å²) in [6.45, 7) is 21.7. The van der Waals surface area contributed by atoms with Crippen LogP contribution in [0.15, 0.2) is 0 Å². The van der Waals surface area contributed by atoms with Crippen LogP contribution in [0, 0.1) is 56.7 Å². The van der Waals surface area contributed by atoms with Gasteiger partial charge >= 0.3 is 5.97 Å². The molecule has 8 nitrogen and oxygen atoms in total. The van der Waals surface area contributed by atoms with E-state index in [1.807, 2.05) is 0 Å². The van der Waals surface area contributed by atoms with Crippen molar-refractivity contribution in [2.75, 3.05) is 19.8 Å². The Balaban J connectivity index is 1.28. The van der Waals surface area contributed by atoms with Crippen molar-refractivity contribution in [1.82, 2.24) is 0 Å². The van der Waals surface area contributed by atoms with E-state index in [0.717, 1.165) is 25.7 Å². The van der Waals surface area contributed by atoms with Gasteiger partial charge in [-0.3, -0.25) is 4.79 Å². The normalized spacial score (nSPS) is 50.2. The molecule has 6 aliphatic rings. The van der Waals surface area contributed by atoms with E-state index >= 15 is 0 Å². The summed E-state index contributed by atoms with van der Waals surface area (Å²) in [5.41, 5.74) is -1.11. The van der Waals surface area contributed by atoms with Crippen molar-refractivity contribution in [2.45, 2.75) is 156 Å². The smallest absolute Gasteiger partial charge is 0.303 e. The maximum absolute atomic E-state index is 12.2. The van der Waals surface area contributed by atoms with E-state index in [2.05, 4.69) is 48.5 Å². The minimum Gasteiger partial charge on any atom is -0.456 e. The fourth-order valence-electron chi connectivity index (χ4n) is 14.5. The second-order valence-electron chi connectivity index (χ2n) is 18.5. The molecule has 0 aromatic rings. The Morgan fingerprint density at radius 2 is 1.59 bits per heavy atom. The molecule has 264 valence electrons. The van der Waals surface area contributed by atoms with Crippen molar-refractivity contribution < 1.29 is 39.1 Å². The zero-order valence-corrected chi connectivity index (χ0v) is 30.4. The van der Waals surface area contributed by atoms with Gasteiger partial charge in [-0.15, -0.1) is 0 Å². The average Bonchev–Trinajstić information content (AvgIpc) is 3.37. The molecular formula is C38H64O8. The standard InChI is InChI=1S/C38H64O8/c1-22-19-36(10,31(33(6,7)42)44-24(3)41)46-25-20-35(9)27-12-11-26-32(4,5)28(45-29(21-40)43-18-17-39)13-14-37(26)23(2)38(27,37)16-15-34(35,8)30(22)25/h22-23,25-31,39-40,42H,11-21H2,1-10H3/t22-,23-,25?,26?,27+,28+,29?,30?,31?,34-,35+,36-,37-,38+/m1/s1. The Bertz CT molecular complexity index is 1180. The molecule has 6 rings (SSSR count). The van der Waals surface area contributed by atoms with Crippen LogP contribution in [-0.2, 0) is 23.7 Å². The van der Waals surface area contributed by atoms with Crippen molar-refractivity contribution in [3.8, 4) is 0 Å². The van der Waals surface area contributed by atoms with Gasteiger partial charge in [0.2, 0.25) is 0 Å². The van der Waals surface area contributed by atoms with E-state index in [0.29, 0.717) is 40.4 Å². The summed E-state index contributed by atoms with van der Waals surface area (Å²) >= 11 is 0. The number of aliphatic hydroxyl groups excluding tert-OH is 2. The van der Waals surface area contributed by atoms with E-state index in [1.165, 1.54) is 32.6 Å². The van der Waals surface area contributed by atoms with Crippen LogP contribution in [-0.4, -0.2) is 76.9 Å². The van der Waals surface area contributed by atoms with Crippen LogP contribution in [0.1, 0.15) is 121 Å². The largest absolute Gasteiger partial charge is 0.456 e. The first-order valence-electron chi connectivity index (χ1n) is 18.4. The minimum atomic E-state index is -1.22. The summed E-state index contributed by atoms with van der Waals surface area (Å²) in [7, 11) is 0. The van der Waals surface area contributed by atoms with Crippen LogP contribution >= 0.6 is 0 Å². The highest BCUT2D eigenvalue weighted by Crippen LogP contribution is 2.91. The van der Waals surface area contributed by atoms with Crippen LogP contribution < -0.4 is 0 Å². The lowest BCUT2D eigenvalue weighted by Gasteiger charge is -2.63. The first-order chi connectivity index (χ1) is 21.3. The SMILES string of the molecule is CC(=O)OC(C(C)(C)O)[C@@]1(C)C[C@@H](C)C2C(C[C@@]3(C)[C@@H]4CCC5C(C)(C)[C@@H](OC(CO)OCCO)CC[C@@]56[C@@H](C)[C@@]46CC[C@]23C)O1. The van der Waals surface area contributed by atoms with E-state index < -0.39 is 23.6 Å². The van der Waals surface area contributed by atoms with Crippen molar-refractivity contribution in [1.29, 1.82) is 0 Å². The van der Waals surface area contributed by atoms with Crippen molar-refractivity contribution in [2.24, 2.45) is 56.7 Å². The molecular weight excluding hydrogens is 584 g/mol. The van der Waals surface area contributed by atoms with Crippen LogP contribution in [0.2, 0.25) is 0 Å². The first kappa shape index (κ1) is 35.1. The molecule has 14 atom stereocenters. The lowest BCUT2D eigenvalue weighted by atomic mass is 9.41. The van der Waals surface area contributed by atoms with E-state index in [9.17, 15) is 20.1 Å². The highest BCUT2D eigenvalue weighted by molar-refractivity contribution is 5.66. The van der Waals surface area contributed by atoms with E-state index in [4.69, 9.17) is 18.9 Å². The lowest BCUT2D eigenvalue weighted by molar-refractivity contribution is -0.250. The fourth-order valence-corrected chi connectivity index (χ4v) is 14.5. The lowest BCUT2D eigenvalue weighted by Crippen LogP contribution is -2.61. The molecule has 3 N–H and O–H groups in total. The number of rotatable bonds is 9. The van der Waals surface area contributed by atoms with Gasteiger partial charge < -0.3 is 34.3 Å². The summed E-state index contributed by atoms with van der Waals surface area (Å²) in [6, 6.07) is 0. The average molecular weight is 649 g/mol. The predicted molar refractivity (Wildman–Crippen MR) is 175 cm³/mol. The van der Waals surface area contributed by atoms with Gasteiger partial charge in [-0.1, -0.05) is 41.5 Å². The van der Waals surface area contributed by atoms with Gasteiger partial charge in [0, 0.05) is 6.92 Å². The Morgan fingerprint density at radius 1 is 0.935 bits per heavy atom. The molecule has 0 amide bonds. The zero-order valence-electron chi connectivity index (χ0n) is 30.4. The maximum Gasteiger partial charge on any atom is 0.303 e. The van der Waals surface area contributed by atoms with Crippen LogP contribution in [0.25, 0.3) is 0 Å². The van der Waals surface area contributed by atoms with Gasteiger partial charge in [0.15, 0.2) is 12.4 Å². The molecule has 5 saturated carbocycles. The summed E-state index contributed by atoms with van der Waals surface area (Å²) in [4.78, 5) is 12.2. The Labute approximate surface area is 277 Å². The number of aliphatic hydroxyl groups is 3. The quantitative estimate of drug-likeness (QED) is 0.210. The van der Waals surface area contributed by atoms with Crippen molar-refractivity contribution in [3.63, 3.8) is 0 Å². The molecule has 1 saturated heterocycles. The third-order valence-electron chi connectivity index (χ3n) is 15.9. The Morgan fingerprint density at radius 3 is 2.20 bits per heavy atom. The zero-order chi connectivity index (χ0) is 33.9. The minimum absolute atomic E-state index is 0.00651. The number of fused-ring (bicyclic) bond motifs is 4. The van der Waals surface area contributed by atoms with E-state index in [-0.39, 0.29) is 54.2 Å². The predicted octanol–water partition coefficient (Wildman–Crippen LogP) is 5.88. The second-order valence-corrected chi connectivity index (χ2v) is 18.5. The van der Waals surface area contributed by atoms with Crippen molar-refractivity contribution in [3.05, 3.63) is 0 Å². The Hall–Kier alpha value is -0.770. The number of carbonyl (C=O) groups excluding carboxylic acids is 1. The molecule has 2 spiro atoms. The molecule has 46 heavy (non-hydrogen) atoms. The summed E-state index contributed by atoms with van der Waals surface area (Å²) in [5, 5.41) is 30.4. The number of hydrogen-bond donors (Lipinski definition) is 3. The van der Waals surface area contributed by atoms with Gasteiger partial charge in [0.05, 0.1) is 37.6 Å². The molecule has 0 bridgehead atoms. The van der Waals surface area contributed by atoms with Crippen LogP contribution in [0.5, 0.6) is 0 Å². The number of esters is 1. The second kappa shape index (κ2) is 11.1. The monoisotopic (exact) mass is 648 g/mol. The summed E-state index contributed by atoms with van der Waals surface area (Å²) in [5.74, 6) is 2.26. The molecule has 0 radical (unpaired) electrons. The molecule has 5 aliphatic carbocycles.